The summed E-state index contributed by atoms with van der Waals surface area (Å²) in [5.74, 6) is 3.43. The van der Waals surface area contributed by atoms with Gasteiger partial charge in [-0.3, -0.25) is 4.99 Å². The zero-order valence-corrected chi connectivity index (χ0v) is 20.8. The third-order valence-electron chi connectivity index (χ3n) is 4.69. The molecule has 1 heterocycles. The highest BCUT2D eigenvalue weighted by Crippen LogP contribution is 2.20. The summed E-state index contributed by atoms with van der Waals surface area (Å²) in [5.41, 5.74) is 0. The molecule has 3 aromatic rings. The fourth-order valence-electron chi connectivity index (χ4n) is 3.00. The minimum absolute atomic E-state index is 0. The number of nitrogens with one attached hydrogen (secondary N) is 2. The normalized spacial score (nSPS) is 11.4. The number of aromatic nitrogens is 2. The minimum Gasteiger partial charge on any atom is -0.494 e. The maximum absolute atomic E-state index is 5.87. The Hall–Kier alpha value is -2.36. The number of fused-ring (bicyclic) bond motifs is 1. The molecule has 0 aliphatic heterocycles. The van der Waals surface area contributed by atoms with Gasteiger partial charge in [-0.25, -0.2) is 0 Å². The fraction of sp³-hybridized carbons (Fsp3) is 0.435. The Morgan fingerprint density at radius 3 is 2.52 bits per heavy atom. The number of aryl methyl sites for hydroxylation is 1. The summed E-state index contributed by atoms with van der Waals surface area (Å²) in [6, 6.07) is 14.5. The molecule has 7 nitrogen and oxygen atoms in total. The van der Waals surface area contributed by atoms with E-state index in [1.165, 1.54) is 10.8 Å². The molecule has 0 amide bonds. The van der Waals surface area contributed by atoms with Crippen LogP contribution in [-0.2, 0) is 6.42 Å². The molecule has 0 saturated heterocycles. The Morgan fingerprint density at radius 2 is 1.81 bits per heavy atom. The molecule has 0 radical (unpaired) electrons. The van der Waals surface area contributed by atoms with Crippen LogP contribution in [0.15, 0.2) is 52.0 Å². The van der Waals surface area contributed by atoms with Crippen LogP contribution in [0.3, 0.4) is 0 Å². The third-order valence-corrected chi connectivity index (χ3v) is 4.69. The number of nitrogens with zero attached hydrogens (tertiary/aromatic N) is 3. The number of rotatable bonds is 10. The van der Waals surface area contributed by atoms with Crippen molar-refractivity contribution in [2.75, 3.05) is 26.7 Å². The lowest BCUT2D eigenvalue weighted by molar-refractivity contribution is 0.311. The number of benzene rings is 2. The Labute approximate surface area is 201 Å². The summed E-state index contributed by atoms with van der Waals surface area (Å²) >= 11 is 0. The van der Waals surface area contributed by atoms with Crippen LogP contribution in [0.5, 0.6) is 5.75 Å². The van der Waals surface area contributed by atoms with Gasteiger partial charge in [0.2, 0.25) is 5.89 Å². The molecule has 0 aliphatic carbocycles. The molecule has 0 aliphatic rings. The molecule has 0 fully saturated rings. The monoisotopic (exact) mass is 537 g/mol. The summed E-state index contributed by atoms with van der Waals surface area (Å²) in [5, 5.41) is 13.0. The first-order chi connectivity index (χ1) is 14.7. The van der Waals surface area contributed by atoms with Crippen LogP contribution in [0, 0.1) is 0 Å². The largest absolute Gasteiger partial charge is 0.494 e. The van der Waals surface area contributed by atoms with Crippen LogP contribution in [0.25, 0.3) is 10.8 Å². The molecular weight excluding hydrogens is 505 g/mol. The topological polar surface area (TPSA) is 84.6 Å². The van der Waals surface area contributed by atoms with E-state index in [0.717, 1.165) is 49.9 Å². The van der Waals surface area contributed by atoms with Gasteiger partial charge in [-0.05, 0) is 35.7 Å². The summed E-state index contributed by atoms with van der Waals surface area (Å²) in [6.45, 7) is 6.33. The van der Waals surface area contributed by atoms with Crippen LogP contribution in [0.1, 0.15) is 44.3 Å². The van der Waals surface area contributed by atoms with Gasteiger partial charge in [-0.1, -0.05) is 49.3 Å². The molecule has 0 unspecified atom stereocenters. The van der Waals surface area contributed by atoms with Crippen molar-refractivity contribution in [2.24, 2.45) is 4.99 Å². The Kier molecular flexibility index (Phi) is 10.6. The molecule has 0 bridgehead atoms. The van der Waals surface area contributed by atoms with Gasteiger partial charge in [0, 0.05) is 32.5 Å². The quantitative estimate of drug-likeness (QED) is 0.171. The lowest BCUT2D eigenvalue weighted by Crippen LogP contribution is -2.38. The van der Waals surface area contributed by atoms with Crippen molar-refractivity contribution in [2.45, 2.75) is 39.0 Å². The van der Waals surface area contributed by atoms with E-state index in [1.54, 1.807) is 7.05 Å². The fourth-order valence-corrected chi connectivity index (χ4v) is 3.00. The van der Waals surface area contributed by atoms with E-state index in [0.29, 0.717) is 12.5 Å². The summed E-state index contributed by atoms with van der Waals surface area (Å²) in [6.07, 6.45) is 2.53. The van der Waals surface area contributed by atoms with Crippen LogP contribution < -0.4 is 15.4 Å². The van der Waals surface area contributed by atoms with E-state index >= 15 is 0 Å². The van der Waals surface area contributed by atoms with Crippen molar-refractivity contribution < 1.29 is 9.26 Å². The first kappa shape index (κ1) is 24.9. The zero-order chi connectivity index (χ0) is 21.2. The van der Waals surface area contributed by atoms with Gasteiger partial charge < -0.3 is 19.9 Å². The van der Waals surface area contributed by atoms with E-state index in [1.807, 2.05) is 18.2 Å². The zero-order valence-electron chi connectivity index (χ0n) is 18.4. The van der Waals surface area contributed by atoms with Gasteiger partial charge in [0.15, 0.2) is 11.8 Å². The number of aliphatic imine (C=N–C) groups is 1. The number of ether oxygens (including phenoxy) is 1. The van der Waals surface area contributed by atoms with Crippen LogP contribution >= 0.6 is 24.0 Å². The maximum Gasteiger partial charge on any atom is 0.226 e. The molecule has 1 aromatic heterocycles. The predicted octanol–water partition coefficient (Wildman–Crippen LogP) is 4.53. The van der Waals surface area contributed by atoms with E-state index in [2.05, 4.69) is 63.9 Å². The lowest BCUT2D eigenvalue weighted by Gasteiger charge is -2.12. The van der Waals surface area contributed by atoms with Crippen molar-refractivity contribution >= 4 is 40.7 Å². The van der Waals surface area contributed by atoms with Crippen molar-refractivity contribution in [1.82, 2.24) is 20.8 Å². The van der Waals surface area contributed by atoms with Crippen LogP contribution in [0.2, 0.25) is 0 Å². The molecule has 168 valence electrons. The SMILES string of the molecule is CN=C(NCCCOc1ccc2ccccc2c1)NCCCc1nc(C(C)C)no1.I. The van der Waals surface area contributed by atoms with Gasteiger partial charge in [-0.2, -0.15) is 4.98 Å². The molecule has 2 aromatic carbocycles. The second kappa shape index (κ2) is 13.1. The Balaban J connectivity index is 0.00000341. The van der Waals surface area contributed by atoms with Gasteiger partial charge in [0.25, 0.3) is 0 Å². The van der Waals surface area contributed by atoms with E-state index < -0.39 is 0 Å². The molecular formula is C23H32IN5O2. The lowest BCUT2D eigenvalue weighted by atomic mass is 10.1. The molecule has 8 heteroatoms. The standard InChI is InChI=1S/C23H31N5O2.HI/c1-17(2)22-27-21(30-28-22)10-6-13-25-23(24-3)26-14-7-15-29-20-12-11-18-8-4-5-9-19(18)16-20;/h4-5,8-9,11-12,16-17H,6-7,10,13-15H2,1-3H3,(H2,24,25,26);1H. The van der Waals surface area contributed by atoms with Crippen molar-refractivity contribution in [3.63, 3.8) is 0 Å². The summed E-state index contributed by atoms with van der Waals surface area (Å²) in [7, 11) is 1.77. The maximum atomic E-state index is 5.87. The molecule has 0 atom stereocenters. The van der Waals surface area contributed by atoms with Crippen molar-refractivity contribution in [3.8, 4) is 5.75 Å². The van der Waals surface area contributed by atoms with Gasteiger partial charge in [0.1, 0.15) is 5.75 Å². The van der Waals surface area contributed by atoms with Gasteiger partial charge in [0.05, 0.1) is 6.61 Å². The average Bonchev–Trinajstić information content (AvgIpc) is 3.24. The Morgan fingerprint density at radius 1 is 1.06 bits per heavy atom. The smallest absolute Gasteiger partial charge is 0.226 e. The predicted molar refractivity (Wildman–Crippen MR) is 136 cm³/mol. The van der Waals surface area contributed by atoms with Gasteiger partial charge >= 0.3 is 0 Å². The third kappa shape index (κ3) is 8.01. The number of guanidine groups is 1. The summed E-state index contributed by atoms with van der Waals surface area (Å²) in [4.78, 5) is 8.65. The van der Waals surface area contributed by atoms with E-state index in [9.17, 15) is 0 Å². The van der Waals surface area contributed by atoms with Crippen LogP contribution in [-0.4, -0.2) is 42.8 Å². The van der Waals surface area contributed by atoms with E-state index in [-0.39, 0.29) is 29.9 Å². The van der Waals surface area contributed by atoms with Crippen molar-refractivity contribution in [3.05, 3.63) is 54.2 Å². The first-order valence-corrected chi connectivity index (χ1v) is 10.5. The Bertz CT molecular complexity index is 958. The highest BCUT2D eigenvalue weighted by atomic mass is 127. The molecule has 0 spiro atoms. The highest BCUT2D eigenvalue weighted by Gasteiger charge is 2.09. The minimum atomic E-state index is 0. The second-order valence-corrected chi connectivity index (χ2v) is 7.44. The van der Waals surface area contributed by atoms with Crippen LogP contribution in [0.4, 0.5) is 0 Å². The molecule has 2 N–H and O–H groups in total. The number of hydrogen-bond donors (Lipinski definition) is 2. The van der Waals surface area contributed by atoms with Crippen molar-refractivity contribution in [1.29, 1.82) is 0 Å². The number of hydrogen-bond acceptors (Lipinski definition) is 5. The molecule has 3 rings (SSSR count). The highest BCUT2D eigenvalue weighted by molar-refractivity contribution is 14.0. The molecule has 31 heavy (non-hydrogen) atoms. The van der Waals surface area contributed by atoms with E-state index in [4.69, 9.17) is 9.26 Å². The van der Waals surface area contributed by atoms with Gasteiger partial charge in [-0.15, -0.1) is 24.0 Å². The first-order valence-electron chi connectivity index (χ1n) is 10.5. The second-order valence-electron chi connectivity index (χ2n) is 7.44. The average molecular weight is 537 g/mol. The number of halogens is 1. The summed E-state index contributed by atoms with van der Waals surface area (Å²) < 4.78 is 11.1. The molecule has 0 saturated carbocycles.